The van der Waals surface area contributed by atoms with Crippen LogP contribution in [0.1, 0.15) is 37.8 Å². The second-order valence-corrected chi connectivity index (χ2v) is 6.33. The Balaban J connectivity index is 0.00000110. The number of benzene rings is 1. The second kappa shape index (κ2) is 6.74. The monoisotopic (exact) mass is 332 g/mol. The van der Waals surface area contributed by atoms with E-state index in [1.54, 1.807) is 0 Å². The van der Waals surface area contributed by atoms with Crippen molar-refractivity contribution >= 4 is 30.5 Å². The Bertz CT molecular complexity index is 495. The summed E-state index contributed by atoms with van der Waals surface area (Å²) in [6.45, 7) is 9.41. The molecule has 0 radical (unpaired) electrons. The summed E-state index contributed by atoms with van der Waals surface area (Å²) in [6, 6.07) is 7.19. The van der Waals surface area contributed by atoms with Crippen molar-refractivity contribution in [2.45, 2.75) is 44.9 Å². The summed E-state index contributed by atoms with van der Waals surface area (Å²) < 4.78 is 6.20. The fourth-order valence-electron chi connectivity index (χ4n) is 3.32. The molecule has 2 atom stereocenters. The third-order valence-corrected chi connectivity index (χ3v) is 4.83. The highest BCUT2D eigenvalue weighted by atomic mass is 35.5. The summed E-state index contributed by atoms with van der Waals surface area (Å²) in [5, 5.41) is 3.48. The summed E-state index contributed by atoms with van der Waals surface area (Å²) in [7, 11) is 2.17. The first-order valence-corrected chi connectivity index (χ1v) is 7.22. The number of hydrogen-bond donors (Lipinski definition) is 1. The maximum absolute atomic E-state index is 6.20. The molecule has 2 aliphatic heterocycles. The van der Waals surface area contributed by atoms with Crippen molar-refractivity contribution in [1.82, 2.24) is 5.32 Å². The van der Waals surface area contributed by atoms with Crippen molar-refractivity contribution in [3.8, 4) is 0 Å². The van der Waals surface area contributed by atoms with Crippen LogP contribution in [0.2, 0.25) is 0 Å². The lowest BCUT2D eigenvalue weighted by atomic mass is 9.81. The first-order valence-electron chi connectivity index (χ1n) is 7.22. The molecular weight excluding hydrogens is 307 g/mol. The molecule has 3 nitrogen and oxygen atoms in total. The number of nitrogens with one attached hydrogen (secondary N) is 1. The number of anilines is 1. The highest BCUT2D eigenvalue weighted by Gasteiger charge is 2.45. The quantitative estimate of drug-likeness (QED) is 0.898. The summed E-state index contributed by atoms with van der Waals surface area (Å²) in [5.41, 5.74) is 4.15. The van der Waals surface area contributed by atoms with Crippen molar-refractivity contribution < 1.29 is 4.74 Å². The van der Waals surface area contributed by atoms with Crippen LogP contribution >= 0.6 is 24.8 Å². The van der Waals surface area contributed by atoms with Gasteiger partial charge >= 0.3 is 0 Å². The largest absolute Gasteiger partial charge is 0.372 e. The number of rotatable bonds is 2. The summed E-state index contributed by atoms with van der Waals surface area (Å²) in [6.07, 6.45) is 0. The molecule has 1 N–H and O–H groups in total. The number of halogens is 2. The zero-order chi connectivity index (χ0) is 13.6. The van der Waals surface area contributed by atoms with Gasteiger partial charge in [-0.25, -0.2) is 0 Å². The highest BCUT2D eigenvalue weighted by Crippen LogP contribution is 2.43. The number of ether oxygens (including phenoxy) is 1. The lowest BCUT2D eigenvalue weighted by molar-refractivity contribution is -0.0515. The van der Waals surface area contributed by atoms with Crippen molar-refractivity contribution in [2.24, 2.45) is 0 Å². The predicted molar refractivity (Wildman–Crippen MR) is 93.3 cm³/mol. The second-order valence-electron chi connectivity index (χ2n) is 6.33. The Kier molecular flexibility index (Phi) is 5.96. The van der Waals surface area contributed by atoms with E-state index in [4.69, 9.17) is 4.74 Å². The van der Waals surface area contributed by atoms with Gasteiger partial charge in [-0.3, -0.25) is 0 Å². The Morgan fingerprint density at radius 3 is 2.71 bits per heavy atom. The maximum Gasteiger partial charge on any atom is 0.0863 e. The SMILES string of the molecule is CC(C)N(C)c1cccc2c1COC1(C)CNCC21.Cl.Cl. The van der Waals surface area contributed by atoms with Gasteiger partial charge in [0.05, 0.1) is 12.2 Å². The zero-order valence-electron chi connectivity index (χ0n) is 13.2. The molecule has 0 amide bonds. The van der Waals surface area contributed by atoms with Crippen LogP contribution in [-0.4, -0.2) is 31.8 Å². The number of nitrogens with zero attached hydrogens (tertiary/aromatic N) is 1. The third kappa shape index (κ3) is 3.02. The van der Waals surface area contributed by atoms with Gasteiger partial charge in [0.15, 0.2) is 0 Å². The highest BCUT2D eigenvalue weighted by molar-refractivity contribution is 5.85. The molecule has 21 heavy (non-hydrogen) atoms. The topological polar surface area (TPSA) is 24.5 Å². The molecule has 2 heterocycles. The van der Waals surface area contributed by atoms with Crippen LogP contribution in [0, 0.1) is 0 Å². The maximum atomic E-state index is 6.20. The zero-order valence-corrected chi connectivity index (χ0v) is 14.8. The van der Waals surface area contributed by atoms with Gasteiger partial charge in [0.1, 0.15) is 0 Å². The Labute approximate surface area is 140 Å². The molecule has 0 aromatic heterocycles. The van der Waals surface area contributed by atoms with E-state index in [-0.39, 0.29) is 30.4 Å². The van der Waals surface area contributed by atoms with Gasteiger partial charge < -0.3 is 15.0 Å². The molecule has 120 valence electrons. The molecular formula is C16H26Cl2N2O. The molecule has 1 fully saturated rings. The minimum atomic E-state index is -0.0258. The fraction of sp³-hybridized carbons (Fsp3) is 0.625. The van der Waals surface area contributed by atoms with Crippen LogP contribution in [0.25, 0.3) is 0 Å². The molecule has 3 rings (SSSR count). The first-order chi connectivity index (χ1) is 9.03. The fourth-order valence-corrected chi connectivity index (χ4v) is 3.32. The van der Waals surface area contributed by atoms with Crippen LogP contribution in [0.4, 0.5) is 5.69 Å². The molecule has 0 spiro atoms. The summed E-state index contributed by atoms with van der Waals surface area (Å²) in [5.74, 6) is 0.483. The Hall–Kier alpha value is -0.480. The molecule has 0 saturated carbocycles. The standard InChI is InChI=1S/C16H24N2O.2ClH/c1-11(2)18(4)15-7-5-6-12-13(15)9-19-16(3)10-17-8-14(12)16;;/h5-7,11,14,17H,8-10H2,1-4H3;2*1H. The summed E-state index contributed by atoms with van der Waals surface area (Å²) in [4.78, 5) is 2.34. The van der Waals surface area contributed by atoms with E-state index >= 15 is 0 Å². The molecule has 2 aliphatic rings. The molecule has 2 unspecified atom stereocenters. The minimum absolute atomic E-state index is 0. The van der Waals surface area contributed by atoms with Crippen LogP contribution in [0.15, 0.2) is 18.2 Å². The van der Waals surface area contributed by atoms with Gasteiger partial charge in [0.25, 0.3) is 0 Å². The van der Waals surface area contributed by atoms with Crippen LogP contribution in [0.3, 0.4) is 0 Å². The van der Waals surface area contributed by atoms with Crippen LogP contribution in [-0.2, 0) is 11.3 Å². The normalized spacial score (nSPS) is 26.4. The minimum Gasteiger partial charge on any atom is -0.372 e. The Morgan fingerprint density at radius 1 is 1.33 bits per heavy atom. The average molecular weight is 333 g/mol. The molecule has 1 saturated heterocycles. The molecule has 0 bridgehead atoms. The lowest BCUT2D eigenvalue weighted by Crippen LogP contribution is -2.40. The average Bonchev–Trinajstić information content (AvgIpc) is 2.79. The van der Waals surface area contributed by atoms with E-state index in [0.717, 1.165) is 19.7 Å². The van der Waals surface area contributed by atoms with Crippen molar-refractivity contribution in [3.63, 3.8) is 0 Å². The first kappa shape index (κ1) is 18.6. The van der Waals surface area contributed by atoms with Gasteiger partial charge in [-0.2, -0.15) is 0 Å². The molecule has 1 aromatic carbocycles. The summed E-state index contributed by atoms with van der Waals surface area (Å²) >= 11 is 0. The number of hydrogen-bond acceptors (Lipinski definition) is 3. The predicted octanol–water partition coefficient (Wildman–Crippen LogP) is 3.35. The van der Waals surface area contributed by atoms with E-state index < -0.39 is 0 Å². The van der Waals surface area contributed by atoms with Crippen LogP contribution in [0.5, 0.6) is 0 Å². The van der Waals surface area contributed by atoms with Gasteiger partial charge in [0, 0.05) is 43.3 Å². The van der Waals surface area contributed by atoms with E-state index in [2.05, 4.69) is 56.2 Å². The van der Waals surface area contributed by atoms with Gasteiger partial charge in [-0.15, -0.1) is 24.8 Å². The van der Waals surface area contributed by atoms with E-state index in [9.17, 15) is 0 Å². The van der Waals surface area contributed by atoms with E-state index in [1.165, 1.54) is 16.8 Å². The van der Waals surface area contributed by atoms with Crippen LogP contribution < -0.4 is 10.2 Å². The van der Waals surface area contributed by atoms with Crippen molar-refractivity contribution in [3.05, 3.63) is 29.3 Å². The van der Waals surface area contributed by atoms with Crippen molar-refractivity contribution in [1.29, 1.82) is 0 Å². The van der Waals surface area contributed by atoms with Gasteiger partial charge in [-0.1, -0.05) is 12.1 Å². The molecule has 1 aromatic rings. The van der Waals surface area contributed by atoms with E-state index in [0.29, 0.717) is 12.0 Å². The number of fused-ring (bicyclic) bond motifs is 3. The van der Waals surface area contributed by atoms with Gasteiger partial charge in [-0.05, 0) is 32.4 Å². The third-order valence-electron chi connectivity index (χ3n) is 4.83. The van der Waals surface area contributed by atoms with Crippen molar-refractivity contribution in [2.75, 3.05) is 25.0 Å². The van der Waals surface area contributed by atoms with E-state index in [1.807, 2.05) is 0 Å². The lowest BCUT2D eigenvalue weighted by Gasteiger charge is -2.39. The smallest absolute Gasteiger partial charge is 0.0863 e. The van der Waals surface area contributed by atoms with Gasteiger partial charge in [0.2, 0.25) is 0 Å². The molecule has 0 aliphatic carbocycles. The Morgan fingerprint density at radius 2 is 2.05 bits per heavy atom. The molecule has 5 heteroatoms.